The molecule has 0 radical (unpaired) electrons. The molecule has 2 N–H and O–H groups in total. The Bertz CT molecular complexity index is 514. The van der Waals surface area contributed by atoms with Gasteiger partial charge in [0.05, 0.1) is 10.9 Å². The van der Waals surface area contributed by atoms with Crippen molar-refractivity contribution < 1.29 is 10.2 Å². The summed E-state index contributed by atoms with van der Waals surface area (Å²) >= 11 is 3.34. The molecule has 0 aliphatic heterocycles. The van der Waals surface area contributed by atoms with Crippen molar-refractivity contribution in [1.82, 2.24) is 9.97 Å². The molecule has 1 heterocycles. The van der Waals surface area contributed by atoms with E-state index < -0.39 is 6.01 Å². The smallest absolute Gasteiger partial charge is 0.317 e. The van der Waals surface area contributed by atoms with Crippen molar-refractivity contribution >= 4 is 26.8 Å². The van der Waals surface area contributed by atoms with Gasteiger partial charge in [0.2, 0.25) is 5.88 Å². The molecule has 0 atom stereocenters. The van der Waals surface area contributed by atoms with Crippen LogP contribution in [0.15, 0.2) is 16.6 Å². The molecule has 0 bridgehead atoms. The van der Waals surface area contributed by atoms with Gasteiger partial charge in [-0.2, -0.15) is 9.97 Å². The number of fused-ring (bicyclic) bond motifs is 1. The summed E-state index contributed by atoms with van der Waals surface area (Å²) in [6.45, 7) is 1.90. The zero-order valence-electron chi connectivity index (χ0n) is 7.32. The van der Waals surface area contributed by atoms with Crippen LogP contribution in [-0.2, 0) is 0 Å². The van der Waals surface area contributed by atoms with E-state index in [1.807, 2.05) is 6.92 Å². The summed E-state index contributed by atoms with van der Waals surface area (Å²) in [5.74, 6) is -0.205. The Labute approximate surface area is 88.4 Å². The molecule has 1 aromatic carbocycles. The molecule has 0 unspecified atom stereocenters. The highest BCUT2D eigenvalue weighted by Gasteiger charge is 2.07. The average Bonchev–Trinajstić information content (AvgIpc) is 2.08. The van der Waals surface area contributed by atoms with Crippen molar-refractivity contribution in [2.75, 3.05) is 0 Å². The first kappa shape index (κ1) is 9.21. The number of halogens is 1. The van der Waals surface area contributed by atoms with Crippen LogP contribution in [0, 0.1) is 6.92 Å². The second-order valence-electron chi connectivity index (χ2n) is 2.97. The van der Waals surface area contributed by atoms with E-state index in [1.165, 1.54) is 0 Å². The van der Waals surface area contributed by atoms with E-state index in [0.29, 0.717) is 10.9 Å². The third-order valence-corrected chi connectivity index (χ3v) is 2.80. The second kappa shape index (κ2) is 3.09. The fourth-order valence-corrected chi connectivity index (χ4v) is 1.56. The molecule has 72 valence electrons. The number of hydrogen-bond donors (Lipinski definition) is 2. The number of aromatic hydroxyl groups is 2. The summed E-state index contributed by atoms with van der Waals surface area (Å²) in [7, 11) is 0. The van der Waals surface area contributed by atoms with Crippen molar-refractivity contribution in [3.8, 4) is 11.9 Å². The van der Waals surface area contributed by atoms with Gasteiger partial charge in [0, 0.05) is 4.47 Å². The van der Waals surface area contributed by atoms with E-state index in [0.717, 1.165) is 10.0 Å². The summed E-state index contributed by atoms with van der Waals surface area (Å²) in [5, 5.41) is 19.0. The molecule has 0 saturated carbocycles. The van der Waals surface area contributed by atoms with Crippen molar-refractivity contribution in [3.05, 3.63) is 22.2 Å². The van der Waals surface area contributed by atoms with Gasteiger partial charge in [-0.1, -0.05) is 15.9 Å². The third kappa shape index (κ3) is 1.39. The Morgan fingerprint density at radius 3 is 2.64 bits per heavy atom. The third-order valence-electron chi connectivity index (χ3n) is 1.94. The van der Waals surface area contributed by atoms with E-state index in [9.17, 15) is 5.11 Å². The molecule has 1 aromatic heterocycles. The van der Waals surface area contributed by atoms with E-state index in [2.05, 4.69) is 25.9 Å². The molecule has 0 fully saturated rings. The first-order valence-corrected chi connectivity index (χ1v) is 4.73. The fraction of sp³-hybridized carbons (Fsp3) is 0.111. The van der Waals surface area contributed by atoms with Gasteiger partial charge in [-0.15, -0.1) is 0 Å². The number of aryl methyl sites for hydroxylation is 1. The highest BCUT2D eigenvalue weighted by Crippen LogP contribution is 2.28. The van der Waals surface area contributed by atoms with E-state index in [-0.39, 0.29) is 5.88 Å². The standard InChI is InChI=1S/C9H7BrN2O2/c1-4-2-5-7(3-6(4)10)11-9(14)12-8(5)13/h2-3H,1H3,(H2,11,12,13,14). The van der Waals surface area contributed by atoms with Gasteiger partial charge in [-0.05, 0) is 24.6 Å². The largest absolute Gasteiger partial charge is 0.493 e. The van der Waals surface area contributed by atoms with Gasteiger partial charge in [0.1, 0.15) is 0 Å². The number of hydrogen-bond acceptors (Lipinski definition) is 4. The molecule has 2 rings (SSSR count). The summed E-state index contributed by atoms with van der Waals surface area (Å²) in [6, 6.07) is 3.06. The monoisotopic (exact) mass is 254 g/mol. The van der Waals surface area contributed by atoms with Gasteiger partial charge in [-0.25, -0.2) is 0 Å². The van der Waals surface area contributed by atoms with Crippen LogP contribution < -0.4 is 0 Å². The van der Waals surface area contributed by atoms with Crippen molar-refractivity contribution in [2.24, 2.45) is 0 Å². The van der Waals surface area contributed by atoms with E-state index in [4.69, 9.17) is 5.11 Å². The van der Waals surface area contributed by atoms with Gasteiger partial charge < -0.3 is 10.2 Å². The van der Waals surface area contributed by atoms with Crippen LogP contribution in [0.1, 0.15) is 5.56 Å². The topological polar surface area (TPSA) is 66.2 Å². The summed E-state index contributed by atoms with van der Waals surface area (Å²) < 4.78 is 0.877. The lowest BCUT2D eigenvalue weighted by atomic mass is 10.2. The molecule has 5 heteroatoms. The normalized spacial score (nSPS) is 10.7. The maximum atomic E-state index is 9.44. The lowest BCUT2D eigenvalue weighted by molar-refractivity contribution is 0.403. The second-order valence-corrected chi connectivity index (χ2v) is 3.82. The van der Waals surface area contributed by atoms with E-state index >= 15 is 0 Å². The first-order valence-electron chi connectivity index (χ1n) is 3.94. The Hall–Kier alpha value is -1.36. The number of nitrogens with zero attached hydrogens (tertiary/aromatic N) is 2. The highest BCUT2D eigenvalue weighted by atomic mass is 79.9. The maximum absolute atomic E-state index is 9.44. The highest BCUT2D eigenvalue weighted by molar-refractivity contribution is 9.10. The van der Waals surface area contributed by atoms with Crippen molar-refractivity contribution in [3.63, 3.8) is 0 Å². The van der Waals surface area contributed by atoms with Crippen LogP contribution in [-0.4, -0.2) is 20.2 Å². The Morgan fingerprint density at radius 1 is 1.21 bits per heavy atom. The molecule has 0 aliphatic carbocycles. The van der Waals surface area contributed by atoms with Crippen molar-refractivity contribution in [1.29, 1.82) is 0 Å². The SMILES string of the molecule is Cc1cc2c(O)nc(O)nc2cc1Br. The van der Waals surface area contributed by atoms with Crippen LogP contribution in [0.2, 0.25) is 0 Å². The minimum absolute atomic E-state index is 0.205. The molecular formula is C9H7BrN2O2. The molecule has 4 nitrogen and oxygen atoms in total. The minimum atomic E-state index is -0.425. The van der Waals surface area contributed by atoms with Crippen LogP contribution in [0.3, 0.4) is 0 Å². The predicted octanol–water partition coefficient (Wildman–Crippen LogP) is 2.11. The van der Waals surface area contributed by atoms with Gasteiger partial charge in [-0.3, -0.25) is 0 Å². The zero-order valence-corrected chi connectivity index (χ0v) is 8.91. The van der Waals surface area contributed by atoms with Gasteiger partial charge in [0.25, 0.3) is 0 Å². The fourth-order valence-electron chi connectivity index (χ4n) is 1.23. The van der Waals surface area contributed by atoms with Gasteiger partial charge >= 0.3 is 6.01 Å². The maximum Gasteiger partial charge on any atom is 0.317 e. The summed E-state index contributed by atoms with van der Waals surface area (Å²) in [5.41, 5.74) is 1.48. The first-order chi connectivity index (χ1) is 6.58. The summed E-state index contributed by atoms with van der Waals surface area (Å²) in [6.07, 6.45) is 0. The zero-order chi connectivity index (χ0) is 10.3. The lowest BCUT2D eigenvalue weighted by Gasteiger charge is -2.03. The predicted molar refractivity (Wildman–Crippen MR) is 55.3 cm³/mol. The molecule has 0 spiro atoms. The molecule has 2 aromatic rings. The molecule has 0 aliphatic rings. The van der Waals surface area contributed by atoms with Crippen LogP contribution >= 0.6 is 15.9 Å². The molecule has 0 amide bonds. The number of rotatable bonds is 0. The Kier molecular flexibility index (Phi) is 2.03. The Balaban J connectivity index is 2.89. The molecular weight excluding hydrogens is 248 g/mol. The Morgan fingerprint density at radius 2 is 1.93 bits per heavy atom. The van der Waals surface area contributed by atoms with Crippen molar-refractivity contribution in [2.45, 2.75) is 6.92 Å². The van der Waals surface area contributed by atoms with Gasteiger partial charge in [0.15, 0.2) is 0 Å². The molecule has 14 heavy (non-hydrogen) atoms. The van der Waals surface area contributed by atoms with Crippen LogP contribution in [0.25, 0.3) is 10.9 Å². The van der Waals surface area contributed by atoms with E-state index in [1.54, 1.807) is 12.1 Å². The quantitative estimate of drug-likeness (QED) is 0.756. The number of benzene rings is 1. The van der Waals surface area contributed by atoms with Crippen LogP contribution in [0.5, 0.6) is 11.9 Å². The lowest BCUT2D eigenvalue weighted by Crippen LogP contribution is -1.87. The molecule has 0 saturated heterocycles. The van der Waals surface area contributed by atoms with Crippen LogP contribution in [0.4, 0.5) is 0 Å². The number of aromatic nitrogens is 2. The minimum Gasteiger partial charge on any atom is -0.493 e. The summed E-state index contributed by atoms with van der Waals surface area (Å²) in [4.78, 5) is 7.25. The average molecular weight is 255 g/mol.